The van der Waals surface area contributed by atoms with Gasteiger partial charge in [0, 0.05) is 30.9 Å². The van der Waals surface area contributed by atoms with E-state index < -0.39 is 0 Å². The van der Waals surface area contributed by atoms with E-state index in [1.165, 1.54) is 6.92 Å². The lowest BCUT2D eigenvalue weighted by Crippen LogP contribution is -2.41. The van der Waals surface area contributed by atoms with Gasteiger partial charge in [-0.1, -0.05) is 0 Å². The highest BCUT2D eigenvalue weighted by Crippen LogP contribution is 2.18. The minimum Gasteiger partial charge on any atom is -0.396 e. The van der Waals surface area contributed by atoms with Crippen LogP contribution in [-0.2, 0) is 0 Å². The molecule has 0 aromatic heterocycles. The number of Topliss-reactive ketones (excluding diaryl/α,β-unsaturated/α-hetero) is 1. The van der Waals surface area contributed by atoms with Crippen LogP contribution in [0.5, 0.6) is 0 Å². The number of carbonyl (C=O) groups excluding carboxylic acids is 2. The van der Waals surface area contributed by atoms with Gasteiger partial charge in [0.05, 0.1) is 0 Å². The highest BCUT2D eigenvalue weighted by atomic mass is 16.3. The van der Waals surface area contributed by atoms with Crippen LogP contribution in [0.1, 0.15) is 30.1 Å². The summed E-state index contributed by atoms with van der Waals surface area (Å²) in [5, 5.41) is 11.9. The highest BCUT2D eigenvalue weighted by Gasteiger charge is 2.22. The van der Waals surface area contributed by atoms with Crippen LogP contribution in [0.2, 0.25) is 0 Å². The molecule has 20 heavy (non-hydrogen) atoms. The monoisotopic (exact) mass is 276 g/mol. The maximum Gasteiger partial charge on any atom is 0.321 e. The van der Waals surface area contributed by atoms with E-state index in [0.717, 1.165) is 12.8 Å². The topological polar surface area (TPSA) is 69.6 Å². The number of urea groups is 1. The van der Waals surface area contributed by atoms with Gasteiger partial charge in [-0.3, -0.25) is 4.79 Å². The summed E-state index contributed by atoms with van der Waals surface area (Å²) in [6.45, 7) is 3.05. The standard InChI is InChI=1S/C15H20N2O3/c1-11(19)13-2-4-14(5-3-13)16-15(20)17-8-6-12(10-18)7-9-17/h2-5,12,18H,6-10H2,1H3,(H,16,20). The Bertz CT molecular complexity index is 476. The van der Waals surface area contributed by atoms with E-state index in [0.29, 0.717) is 30.3 Å². The number of rotatable bonds is 3. The lowest BCUT2D eigenvalue weighted by Gasteiger charge is -2.31. The summed E-state index contributed by atoms with van der Waals surface area (Å²) in [5.41, 5.74) is 1.32. The number of anilines is 1. The molecule has 2 rings (SSSR count). The van der Waals surface area contributed by atoms with Crippen molar-refractivity contribution in [3.05, 3.63) is 29.8 Å². The van der Waals surface area contributed by atoms with Crippen LogP contribution in [0.25, 0.3) is 0 Å². The number of carbonyl (C=O) groups is 2. The van der Waals surface area contributed by atoms with Gasteiger partial charge in [0.25, 0.3) is 0 Å². The van der Waals surface area contributed by atoms with Crippen molar-refractivity contribution in [3.63, 3.8) is 0 Å². The average Bonchev–Trinajstić information content (AvgIpc) is 2.48. The summed E-state index contributed by atoms with van der Waals surface area (Å²) in [6.07, 6.45) is 1.68. The molecule has 0 atom stereocenters. The van der Waals surface area contributed by atoms with Gasteiger partial charge in [0.1, 0.15) is 0 Å². The Kier molecular flexibility index (Phi) is 4.74. The second kappa shape index (κ2) is 6.52. The van der Waals surface area contributed by atoms with Crippen LogP contribution in [0.15, 0.2) is 24.3 Å². The summed E-state index contributed by atoms with van der Waals surface area (Å²) in [4.78, 5) is 25.0. The van der Waals surface area contributed by atoms with Gasteiger partial charge in [-0.15, -0.1) is 0 Å². The molecule has 1 aliphatic heterocycles. The maximum atomic E-state index is 12.1. The number of nitrogens with one attached hydrogen (secondary N) is 1. The molecular weight excluding hydrogens is 256 g/mol. The fourth-order valence-corrected chi connectivity index (χ4v) is 2.31. The van der Waals surface area contributed by atoms with E-state index in [2.05, 4.69) is 5.32 Å². The van der Waals surface area contributed by atoms with Crippen molar-refractivity contribution < 1.29 is 14.7 Å². The summed E-state index contributed by atoms with van der Waals surface area (Å²) in [7, 11) is 0. The van der Waals surface area contributed by atoms with E-state index in [1.54, 1.807) is 29.2 Å². The van der Waals surface area contributed by atoms with Crippen LogP contribution >= 0.6 is 0 Å². The van der Waals surface area contributed by atoms with Crippen molar-refractivity contribution in [2.75, 3.05) is 25.0 Å². The zero-order valence-electron chi connectivity index (χ0n) is 11.6. The van der Waals surface area contributed by atoms with Gasteiger partial charge in [-0.2, -0.15) is 0 Å². The Hall–Kier alpha value is -1.88. The number of likely N-dealkylation sites (tertiary alicyclic amines) is 1. The molecule has 0 spiro atoms. The minimum atomic E-state index is -0.128. The zero-order valence-corrected chi connectivity index (χ0v) is 11.6. The first-order valence-corrected chi connectivity index (χ1v) is 6.88. The molecule has 108 valence electrons. The fraction of sp³-hybridized carbons (Fsp3) is 0.467. The maximum absolute atomic E-state index is 12.1. The third-order valence-electron chi connectivity index (χ3n) is 3.70. The minimum absolute atomic E-state index is 0.00829. The Morgan fingerprint density at radius 1 is 1.25 bits per heavy atom. The number of hydrogen-bond acceptors (Lipinski definition) is 3. The van der Waals surface area contributed by atoms with Crippen molar-refractivity contribution in [1.82, 2.24) is 4.90 Å². The molecule has 0 bridgehead atoms. The first-order chi connectivity index (χ1) is 9.60. The number of hydrogen-bond donors (Lipinski definition) is 2. The molecular formula is C15H20N2O3. The second-order valence-electron chi connectivity index (χ2n) is 5.18. The van der Waals surface area contributed by atoms with Crippen LogP contribution < -0.4 is 5.32 Å². The smallest absolute Gasteiger partial charge is 0.321 e. The van der Waals surface area contributed by atoms with E-state index in [-0.39, 0.29) is 18.4 Å². The van der Waals surface area contributed by atoms with Gasteiger partial charge in [-0.25, -0.2) is 4.79 Å². The van der Waals surface area contributed by atoms with Gasteiger partial charge >= 0.3 is 6.03 Å². The van der Waals surface area contributed by atoms with E-state index in [4.69, 9.17) is 5.11 Å². The third kappa shape index (κ3) is 3.57. The molecule has 2 amide bonds. The fourth-order valence-electron chi connectivity index (χ4n) is 2.31. The van der Waals surface area contributed by atoms with Crippen molar-refractivity contribution in [3.8, 4) is 0 Å². The molecule has 1 heterocycles. The summed E-state index contributed by atoms with van der Waals surface area (Å²) in [6, 6.07) is 6.74. The number of benzene rings is 1. The largest absolute Gasteiger partial charge is 0.396 e. The zero-order chi connectivity index (χ0) is 14.5. The molecule has 5 heteroatoms. The Balaban J connectivity index is 1.90. The number of aliphatic hydroxyl groups excluding tert-OH is 1. The van der Waals surface area contributed by atoms with Crippen LogP contribution in [-0.4, -0.2) is 41.5 Å². The molecule has 5 nitrogen and oxygen atoms in total. The molecule has 0 radical (unpaired) electrons. The number of aliphatic hydroxyl groups is 1. The lowest BCUT2D eigenvalue weighted by molar-refractivity contribution is 0.101. The van der Waals surface area contributed by atoms with Crippen LogP contribution in [0.3, 0.4) is 0 Å². The summed E-state index contributed by atoms with van der Waals surface area (Å²) < 4.78 is 0. The van der Waals surface area contributed by atoms with Gasteiger partial charge in [0.15, 0.2) is 5.78 Å². The quantitative estimate of drug-likeness (QED) is 0.831. The van der Waals surface area contributed by atoms with Crippen molar-refractivity contribution in [1.29, 1.82) is 0 Å². The molecule has 1 aromatic rings. The number of nitrogens with zero attached hydrogens (tertiary/aromatic N) is 1. The van der Waals surface area contributed by atoms with Gasteiger partial charge < -0.3 is 15.3 Å². The SMILES string of the molecule is CC(=O)c1ccc(NC(=O)N2CCC(CO)CC2)cc1. The molecule has 1 aliphatic rings. The van der Waals surface area contributed by atoms with Gasteiger partial charge in [-0.05, 0) is 49.9 Å². The van der Waals surface area contributed by atoms with Gasteiger partial charge in [0.2, 0.25) is 0 Å². The van der Waals surface area contributed by atoms with Crippen LogP contribution in [0.4, 0.5) is 10.5 Å². The molecule has 2 N–H and O–H groups in total. The first-order valence-electron chi connectivity index (χ1n) is 6.88. The molecule has 1 saturated heterocycles. The molecule has 0 saturated carbocycles. The predicted octanol–water partition coefficient (Wildman–Crippen LogP) is 2.13. The predicted molar refractivity (Wildman–Crippen MR) is 76.8 cm³/mol. The summed E-state index contributed by atoms with van der Waals surface area (Å²) in [5.74, 6) is 0.322. The molecule has 1 aromatic carbocycles. The Morgan fingerprint density at radius 3 is 2.35 bits per heavy atom. The summed E-state index contributed by atoms with van der Waals surface area (Å²) >= 11 is 0. The Labute approximate surface area is 118 Å². The molecule has 0 unspecified atom stereocenters. The lowest BCUT2D eigenvalue weighted by atomic mass is 9.98. The van der Waals surface area contributed by atoms with E-state index in [1.807, 2.05) is 0 Å². The molecule has 0 aliphatic carbocycles. The van der Waals surface area contributed by atoms with Crippen molar-refractivity contribution in [2.24, 2.45) is 5.92 Å². The first kappa shape index (κ1) is 14.5. The third-order valence-corrected chi connectivity index (χ3v) is 3.70. The van der Waals surface area contributed by atoms with Crippen molar-refractivity contribution in [2.45, 2.75) is 19.8 Å². The second-order valence-corrected chi connectivity index (χ2v) is 5.18. The number of amides is 2. The average molecular weight is 276 g/mol. The normalized spacial score (nSPS) is 16.0. The van der Waals surface area contributed by atoms with E-state index >= 15 is 0 Å². The number of ketones is 1. The van der Waals surface area contributed by atoms with E-state index in [9.17, 15) is 9.59 Å². The van der Waals surface area contributed by atoms with Crippen LogP contribution in [0, 0.1) is 5.92 Å². The number of piperidine rings is 1. The van der Waals surface area contributed by atoms with Crippen molar-refractivity contribution >= 4 is 17.5 Å². The molecule has 1 fully saturated rings. The Morgan fingerprint density at radius 2 is 1.85 bits per heavy atom. The highest BCUT2D eigenvalue weighted by molar-refractivity contribution is 5.95.